The molecule has 1 heterocycles. The summed E-state index contributed by atoms with van der Waals surface area (Å²) in [5, 5.41) is 11.9. The van der Waals surface area contributed by atoms with Gasteiger partial charge >= 0.3 is 11.9 Å². The quantitative estimate of drug-likeness (QED) is 0.254. The monoisotopic (exact) mass is 458 g/mol. The van der Waals surface area contributed by atoms with Crippen LogP contribution in [0.3, 0.4) is 0 Å². The minimum atomic E-state index is -0.951. The third-order valence-corrected chi connectivity index (χ3v) is 5.60. The van der Waals surface area contributed by atoms with E-state index < -0.39 is 22.8 Å². The summed E-state index contributed by atoms with van der Waals surface area (Å²) < 4.78 is 11.0. The number of ether oxygens (including phenoxy) is 2. The first-order chi connectivity index (χ1) is 15.9. The molecule has 0 saturated heterocycles. The van der Waals surface area contributed by atoms with Crippen LogP contribution in [0.2, 0.25) is 0 Å². The summed E-state index contributed by atoms with van der Waals surface area (Å²) in [4.78, 5) is 40.1. The van der Waals surface area contributed by atoms with E-state index >= 15 is 0 Å². The molecule has 0 radical (unpaired) electrons. The van der Waals surface area contributed by atoms with Crippen LogP contribution in [0, 0.1) is 10.1 Å². The maximum atomic E-state index is 13.4. The smallest absolute Gasteiger partial charge is 0.336 e. The molecule has 180 valence electrons. The molecule has 0 spiro atoms. The van der Waals surface area contributed by atoms with Gasteiger partial charge in [-0.25, -0.2) is 9.59 Å². The second-order valence-corrected chi connectivity index (χ2v) is 7.69. The van der Waals surface area contributed by atoms with Crippen LogP contribution in [0.5, 0.6) is 0 Å². The topological polar surface area (TPSA) is 99.0 Å². The number of nitro benzene ring substituents is 1. The lowest BCUT2D eigenvalue weighted by Gasteiger charge is -2.39. The highest BCUT2D eigenvalue weighted by Crippen LogP contribution is 2.46. The second-order valence-electron chi connectivity index (χ2n) is 7.69. The third kappa shape index (κ3) is 5.43. The fourth-order valence-corrected chi connectivity index (χ4v) is 4.30. The van der Waals surface area contributed by atoms with Crippen molar-refractivity contribution in [2.75, 3.05) is 19.8 Å². The molecule has 2 rings (SSSR count). The fraction of sp³-hybridized carbons (Fsp3) is 0.520. The molecule has 1 aromatic rings. The molecular formula is C25H34N2O6. The molecule has 1 aliphatic rings. The first-order valence-corrected chi connectivity index (χ1v) is 11.7. The van der Waals surface area contributed by atoms with Crippen LogP contribution in [0.15, 0.2) is 46.8 Å². The predicted molar refractivity (Wildman–Crippen MR) is 125 cm³/mol. The number of nitrogens with zero attached hydrogens (tertiary/aromatic N) is 2. The van der Waals surface area contributed by atoms with E-state index in [2.05, 4.69) is 0 Å². The zero-order valence-electron chi connectivity index (χ0n) is 20.2. The maximum Gasteiger partial charge on any atom is 0.336 e. The van der Waals surface area contributed by atoms with Crippen molar-refractivity contribution >= 4 is 17.6 Å². The summed E-state index contributed by atoms with van der Waals surface area (Å²) in [5.74, 6) is -2.08. The Bertz CT molecular complexity index is 904. The highest BCUT2D eigenvalue weighted by molar-refractivity contribution is 6.00. The minimum Gasteiger partial charge on any atom is -0.462 e. The molecule has 8 heteroatoms. The Morgan fingerprint density at radius 1 is 0.909 bits per heavy atom. The Kier molecular flexibility index (Phi) is 9.63. The number of hydrogen-bond donors (Lipinski definition) is 0. The predicted octanol–water partition coefficient (Wildman–Crippen LogP) is 5.25. The van der Waals surface area contributed by atoms with Gasteiger partial charge in [-0.2, -0.15) is 0 Å². The third-order valence-electron chi connectivity index (χ3n) is 5.60. The summed E-state index contributed by atoms with van der Waals surface area (Å²) >= 11 is 0. The molecular weight excluding hydrogens is 424 g/mol. The van der Waals surface area contributed by atoms with Crippen molar-refractivity contribution < 1.29 is 24.0 Å². The summed E-state index contributed by atoms with van der Waals surface area (Å²) in [6, 6.07) is 6.24. The summed E-state index contributed by atoms with van der Waals surface area (Å²) in [6.07, 6.45) is 2.27. The van der Waals surface area contributed by atoms with Gasteiger partial charge < -0.3 is 14.4 Å². The van der Waals surface area contributed by atoms with Crippen molar-refractivity contribution in [3.63, 3.8) is 0 Å². The number of allylic oxidation sites excluding steroid dienone is 2. The molecule has 0 atom stereocenters. The number of para-hydroxylation sites is 1. The average molecular weight is 459 g/mol. The Morgan fingerprint density at radius 3 is 1.79 bits per heavy atom. The number of carbonyl (C=O) groups excluding carboxylic acids is 2. The zero-order valence-corrected chi connectivity index (χ0v) is 20.2. The lowest BCUT2D eigenvalue weighted by atomic mass is 9.78. The molecule has 0 fully saturated rings. The van der Waals surface area contributed by atoms with Gasteiger partial charge in [0.15, 0.2) is 0 Å². The number of hydrogen-bond acceptors (Lipinski definition) is 7. The van der Waals surface area contributed by atoms with Crippen LogP contribution in [0.1, 0.15) is 71.8 Å². The van der Waals surface area contributed by atoms with Crippen molar-refractivity contribution in [2.45, 2.75) is 66.2 Å². The second kappa shape index (κ2) is 12.2. The van der Waals surface area contributed by atoms with E-state index in [1.165, 1.54) is 6.07 Å². The first-order valence-electron chi connectivity index (χ1n) is 11.7. The van der Waals surface area contributed by atoms with Gasteiger partial charge in [0, 0.05) is 29.6 Å². The number of esters is 2. The number of nitro groups is 1. The maximum absolute atomic E-state index is 13.4. The molecule has 0 aromatic heterocycles. The Morgan fingerprint density at radius 2 is 1.39 bits per heavy atom. The van der Waals surface area contributed by atoms with E-state index in [-0.39, 0.29) is 35.6 Å². The fourth-order valence-electron chi connectivity index (χ4n) is 4.30. The lowest BCUT2D eigenvalue weighted by Crippen LogP contribution is -2.37. The Labute approximate surface area is 195 Å². The average Bonchev–Trinajstić information content (AvgIpc) is 2.83. The molecule has 0 aliphatic carbocycles. The van der Waals surface area contributed by atoms with Crippen molar-refractivity contribution in [2.24, 2.45) is 0 Å². The molecule has 0 bridgehead atoms. The highest BCUT2D eigenvalue weighted by atomic mass is 16.6. The molecule has 33 heavy (non-hydrogen) atoms. The molecule has 8 nitrogen and oxygen atoms in total. The summed E-state index contributed by atoms with van der Waals surface area (Å²) in [5.41, 5.74) is 2.09. The summed E-state index contributed by atoms with van der Waals surface area (Å²) in [7, 11) is 0. The number of rotatable bonds is 11. The van der Waals surface area contributed by atoms with Crippen molar-refractivity contribution in [3.05, 3.63) is 62.5 Å². The molecule has 1 aliphatic heterocycles. The van der Waals surface area contributed by atoms with Gasteiger partial charge in [-0.05, 0) is 32.6 Å². The zero-order chi connectivity index (χ0) is 24.5. The number of benzene rings is 1. The standard InChI is InChI=1S/C25H34N2O6/c1-6-15-32-24(28)22-18(8-3)26(10-5)19(9-4)23(25(29)33-16-7-2)21(22)17-13-11-12-14-20(17)27(30)31/h11-14,21H,6-10,15-16H2,1-5H3. The van der Waals surface area contributed by atoms with Gasteiger partial charge in [0.25, 0.3) is 5.69 Å². The van der Waals surface area contributed by atoms with E-state index in [0.717, 1.165) is 0 Å². The van der Waals surface area contributed by atoms with Crippen molar-refractivity contribution in [1.82, 2.24) is 4.90 Å². The molecule has 0 unspecified atom stereocenters. The molecule has 0 N–H and O–H groups in total. The SMILES string of the molecule is CCCOC(=O)C1=C(CC)N(CC)C(CC)=C(C(=O)OCCC)C1c1ccccc1[N+](=O)[O-]. The lowest BCUT2D eigenvalue weighted by molar-refractivity contribution is -0.385. The van der Waals surface area contributed by atoms with E-state index in [9.17, 15) is 19.7 Å². The van der Waals surface area contributed by atoms with Crippen LogP contribution >= 0.6 is 0 Å². The van der Waals surface area contributed by atoms with Gasteiger partial charge in [0.2, 0.25) is 0 Å². The largest absolute Gasteiger partial charge is 0.462 e. The molecule has 0 amide bonds. The van der Waals surface area contributed by atoms with Gasteiger partial charge in [-0.1, -0.05) is 45.9 Å². The van der Waals surface area contributed by atoms with Crippen molar-refractivity contribution in [3.8, 4) is 0 Å². The van der Waals surface area contributed by atoms with E-state index in [1.807, 2.05) is 39.5 Å². The van der Waals surface area contributed by atoms with Crippen LogP contribution in [0.25, 0.3) is 0 Å². The summed E-state index contributed by atoms with van der Waals surface area (Å²) in [6.45, 7) is 10.5. The molecule has 1 aromatic carbocycles. The normalized spacial score (nSPS) is 14.5. The van der Waals surface area contributed by atoms with Gasteiger partial charge in [0.1, 0.15) is 0 Å². The van der Waals surface area contributed by atoms with Crippen LogP contribution in [-0.2, 0) is 19.1 Å². The molecule has 0 saturated carbocycles. The Hall–Kier alpha value is -3.16. The van der Waals surface area contributed by atoms with E-state index in [4.69, 9.17) is 9.47 Å². The number of carbonyl (C=O) groups is 2. The van der Waals surface area contributed by atoms with E-state index in [0.29, 0.717) is 43.6 Å². The highest BCUT2D eigenvalue weighted by Gasteiger charge is 2.43. The van der Waals surface area contributed by atoms with Gasteiger partial charge in [-0.3, -0.25) is 10.1 Å². The van der Waals surface area contributed by atoms with Gasteiger partial charge in [-0.15, -0.1) is 0 Å². The van der Waals surface area contributed by atoms with Crippen LogP contribution < -0.4 is 0 Å². The van der Waals surface area contributed by atoms with Crippen LogP contribution in [0.4, 0.5) is 5.69 Å². The van der Waals surface area contributed by atoms with Crippen molar-refractivity contribution in [1.29, 1.82) is 0 Å². The van der Waals surface area contributed by atoms with Crippen LogP contribution in [-0.4, -0.2) is 41.5 Å². The van der Waals surface area contributed by atoms with Gasteiger partial charge in [0.05, 0.1) is 35.2 Å². The Balaban J connectivity index is 2.91. The first kappa shape index (κ1) is 26.1. The minimum absolute atomic E-state index is 0.153. The van der Waals surface area contributed by atoms with E-state index in [1.54, 1.807) is 18.2 Å².